The van der Waals surface area contributed by atoms with Crippen LogP contribution in [0.1, 0.15) is 37.0 Å². The minimum atomic E-state index is -0.538. The highest BCUT2D eigenvalue weighted by atomic mass is 16.5. The highest BCUT2D eigenvalue weighted by molar-refractivity contribution is 5.88. The molecular formula is C12H14N4O2. The number of nitriles is 1. The summed E-state index contributed by atoms with van der Waals surface area (Å²) in [5, 5.41) is 10.9. The van der Waals surface area contributed by atoms with Crippen molar-refractivity contribution in [2.45, 2.75) is 20.8 Å². The lowest BCUT2D eigenvalue weighted by molar-refractivity contribution is 0.0519. The molecule has 0 radical (unpaired) electrons. The van der Waals surface area contributed by atoms with Crippen molar-refractivity contribution in [2.24, 2.45) is 0 Å². The number of anilines is 1. The van der Waals surface area contributed by atoms with E-state index in [0.29, 0.717) is 5.69 Å². The summed E-state index contributed by atoms with van der Waals surface area (Å²) in [6, 6.07) is 1.52. The molecule has 18 heavy (non-hydrogen) atoms. The Kier molecular flexibility index (Phi) is 4.81. The molecule has 0 aliphatic carbocycles. The van der Waals surface area contributed by atoms with Gasteiger partial charge in [0.1, 0.15) is 0 Å². The first-order chi connectivity index (χ1) is 8.56. The molecule has 0 bridgehead atoms. The molecule has 1 rings (SSSR count). The molecule has 0 amide bonds. The quantitative estimate of drug-likeness (QED) is 0.496. The van der Waals surface area contributed by atoms with Crippen LogP contribution in [0.15, 0.2) is 11.6 Å². The lowest BCUT2D eigenvalue weighted by Gasteiger charge is -2.04. The summed E-state index contributed by atoms with van der Waals surface area (Å²) < 4.78 is 4.86. The van der Waals surface area contributed by atoms with Crippen molar-refractivity contribution >= 4 is 18.0 Å². The van der Waals surface area contributed by atoms with E-state index in [0.717, 1.165) is 5.57 Å². The SMILES string of the molecule is CCOC(=O)c1cc(C=C(C)C)nc(NC#N)n1. The van der Waals surface area contributed by atoms with Gasteiger partial charge in [0, 0.05) is 0 Å². The number of hydrogen-bond acceptors (Lipinski definition) is 6. The maximum Gasteiger partial charge on any atom is 0.357 e. The van der Waals surface area contributed by atoms with Gasteiger partial charge < -0.3 is 4.74 Å². The molecule has 0 aliphatic rings. The minimum Gasteiger partial charge on any atom is -0.461 e. The molecule has 0 aliphatic heterocycles. The monoisotopic (exact) mass is 246 g/mol. The predicted octanol–water partition coefficient (Wildman–Crippen LogP) is 1.97. The number of aromatic nitrogens is 2. The molecule has 0 fully saturated rings. The largest absolute Gasteiger partial charge is 0.461 e. The van der Waals surface area contributed by atoms with Crippen molar-refractivity contribution in [3.05, 3.63) is 23.0 Å². The fourth-order valence-electron chi connectivity index (χ4n) is 1.25. The Morgan fingerprint density at radius 2 is 2.28 bits per heavy atom. The Bertz CT molecular complexity index is 513. The van der Waals surface area contributed by atoms with Crippen LogP contribution in [0.2, 0.25) is 0 Å². The second-order valence-electron chi connectivity index (χ2n) is 3.68. The van der Waals surface area contributed by atoms with E-state index >= 15 is 0 Å². The van der Waals surface area contributed by atoms with Gasteiger partial charge in [-0.25, -0.2) is 14.8 Å². The van der Waals surface area contributed by atoms with Crippen LogP contribution in [0, 0.1) is 11.5 Å². The molecular weight excluding hydrogens is 232 g/mol. The van der Waals surface area contributed by atoms with Gasteiger partial charge in [0.25, 0.3) is 0 Å². The molecule has 1 aromatic heterocycles. The van der Waals surface area contributed by atoms with Crippen molar-refractivity contribution in [3.8, 4) is 6.19 Å². The fraction of sp³-hybridized carbons (Fsp3) is 0.333. The van der Waals surface area contributed by atoms with Crippen LogP contribution < -0.4 is 5.32 Å². The third-order valence-corrected chi connectivity index (χ3v) is 1.83. The standard InChI is InChI=1S/C12H14N4O2/c1-4-18-11(17)10-6-9(5-8(2)3)15-12(16-10)14-7-13/h5-6H,4H2,1-3H3,(H,14,15,16). The molecule has 0 saturated heterocycles. The number of nitrogens with one attached hydrogen (secondary N) is 1. The van der Waals surface area contributed by atoms with Gasteiger partial charge in [0.15, 0.2) is 11.9 Å². The van der Waals surface area contributed by atoms with Crippen LogP contribution in [0.5, 0.6) is 0 Å². The van der Waals surface area contributed by atoms with Crippen molar-refractivity contribution in [1.29, 1.82) is 5.26 Å². The maximum absolute atomic E-state index is 11.6. The molecule has 94 valence electrons. The van der Waals surface area contributed by atoms with E-state index < -0.39 is 5.97 Å². The van der Waals surface area contributed by atoms with Gasteiger partial charge in [0.05, 0.1) is 12.3 Å². The van der Waals surface area contributed by atoms with E-state index in [-0.39, 0.29) is 18.2 Å². The van der Waals surface area contributed by atoms with Crippen LogP contribution in [0.3, 0.4) is 0 Å². The topological polar surface area (TPSA) is 87.9 Å². The molecule has 6 heteroatoms. The third-order valence-electron chi connectivity index (χ3n) is 1.83. The second-order valence-corrected chi connectivity index (χ2v) is 3.68. The van der Waals surface area contributed by atoms with Gasteiger partial charge in [-0.1, -0.05) is 5.57 Å². The number of ether oxygens (including phenoxy) is 1. The first kappa shape index (κ1) is 13.6. The van der Waals surface area contributed by atoms with Gasteiger partial charge >= 0.3 is 5.97 Å². The number of hydrogen-bond donors (Lipinski definition) is 1. The molecule has 0 aromatic carbocycles. The summed E-state index contributed by atoms with van der Waals surface area (Å²) in [6.07, 6.45) is 3.50. The van der Waals surface area contributed by atoms with E-state index in [1.807, 2.05) is 13.8 Å². The van der Waals surface area contributed by atoms with Crippen molar-refractivity contribution < 1.29 is 9.53 Å². The molecule has 1 heterocycles. The zero-order valence-electron chi connectivity index (χ0n) is 10.5. The number of rotatable bonds is 4. The predicted molar refractivity (Wildman–Crippen MR) is 66.5 cm³/mol. The lowest BCUT2D eigenvalue weighted by Crippen LogP contribution is -2.10. The van der Waals surface area contributed by atoms with E-state index in [9.17, 15) is 4.79 Å². The normalized spacial score (nSPS) is 9.22. The molecule has 1 N–H and O–H groups in total. The fourth-order valence-corrected chi connectivity index (χ4v) is 1.25. The zero-order chi connectivity index (χ0) is 13.5. The van der Waals surface area contributed by atoms with Crippen LogP contribution in [0.25, 0.3) is 6.08 Å². The Balaban J connectivity index is 3.18. The van der Waals surface area contributed by atoms with E-state index in [1.54, 1.807) is 19.2 Å². The van der Waals surface area contributed by atoms with Crippen molar-refractivity contribution in [1.82, 2.24) is 9.97 Å². The number of carbonyl (C=O) groups is 1. The van der Waals surface area contributed by atoms with Crippen LogP contribution in [0.4, 0.5) is 5.95 Å². The van der Waals surface area contributed by atoms with Gasteiger partial charge in [-0.3, -0.25) is 5.32 Å². The highest BCUT2D eigenvalue weighted by Gasteiger charge is 2.11. The number of allylic oxidation sites excluding steroid dienone is 1. The van der Waals surface area contributed by atoms with E-state index in [1.165, 1.54) is 6.07 Å². The summed E-state index contributed by atoms with van der Waals surface area (Å²) >= 11 is 0. The molecule has 0 spiro atoms. The van der Waals surface area contributed by atoms with E-state index in [4.69, 9.17) is 10.00 Å². The minimum absolute atomic E-state index is 0.0792. The molecule has 0 saturated carbocycles. The number of nitrogens with zero attached hydrogens (tertiary/aromatic N) is 3. The molecule has 6 nitrogen and oxygen atoms in total. The second kappa shape index (κ2) is 6.35. The van der Waals surface area contributed by atoms with Crippen molar-refractivity contribution in [2.75, 3.05) is 11.9 Å². The Morgan fingerprint density at radius 1 is 1.56 bits per heavy atom. The molecule has 0 atom stereocenters. The van der Waals surface area contributed by atoms with E-state index in [2.05, 4.69) is 15.3 Å². The Hall–Kier alpha value is -2.42. The Morgan fingerprint density at radius 3 is 2.83 bits per heavy atom. The maximum atomic E-state index is 11.6. The van der Waals surface area contributed by atoms with Gasteiger partial charge in [0.2, 0.25) is 5.95 Å². The highest BCUT2D eigenvalue weighted by Crippen LogP contribution is 2.10. The van der Waals surface area contributed by atoms with Gasteiger partial charge in [-0.05, 0) is 32.9 Å². The van der Waals surface area contributed by atoms with Crippen LogP contribution in [-0.2, 0) is 4.74 Å². The summed E-state index contributed by atoms with van der Waals surface area (Å²) in [5.41, 5.74) is 1.69. The van der Waals surface area contributed by atoms with Gasteiger partial charge in [-0.15, -0.1) is 0 Å². The summed E-state index contributed by atoms with van der Waals surface area (Å²) in [4.78, 5) is 19.6. The number of carbonyl (C=O) groups excluding carboxylic acids is 1. The first-order valence-electron chi connectivity index (χ1n) is 5.43. The molecule has 1 aromatic rings. The van der Waals surface area contributed by atoms with Crippen molar-refractivity contribution in [3.63, 3.8) is 0 Å². The lowest BCUT2D eigenvalue weighted by atomic mass is 10.2. The average molecular weight is 246 g/mol. The van der Waals surface area contributed by atoms with Crippen LogP contribution >= 0.6 is 0 Å². The van der Waals surface area contributed by atoms with Gasteiger partial charge in [-0.2, -0.15) is 5.26 Å². The first-order valence-corrected chi connectivity index (χ1v) is 5.43. The smallest absolute Gasteiger partial charge is 0.357 e. The molecule has 0 unspecified atom stereocenters. The zero-order valence-corrected chi connectivity index (χ0v) is 10.5. The third kappa shape index (κ3) is 3.87. The van der Waals surface area contributed by atoms with Crippen LogP contribution in [-0.4, -0.2) is 22.5 Å². The Labute approximate surface area is 105 Å². The summed E-state index contributed by atoms with van der Waals surface area (Å²) in [7, 11) is 0. The summed E-state index contributed by atoms with van der Waals surface area (Å²) in [6.45, 7) is 5.79. The number of esters is 1. The summed E-state index contributed by atoms with van der Waals surface area (Å²) in [5.74, 6) is -0.458. The average Bonchev–Trinajstić information content (AvgIpc) is 2.28.